The molecule has 3 heteroatoms. The molecule has 0 aromatic heterocycles. The van der Waals surface area contributed by atoms with Gasteiger partial charge in [-0.25, -0.2) is 0 Å². The largest absolute Gasteiger partial charge is 0.381 e. The minimum absolute atomic E-state index is 0.721. The molecule has 0 radical (unpaired) electrons. The summed E-state index contributed by atoms with van der Waals surface area (Å²) in [6, 6.07) is 1.51. The summed E-state index contributed by atoms with van der Waals surface area (Å²) in [6.07, 6.45) is 5.12. The van der Waals surface area contributed by atoms with Crippen LogP contribution in [0.1, 0.15) is 25.7 Å². The van der Waals surface area contributed by atoms with Gasteiger partial charge in [-0.3, -0.25) is 4.90 Å². The predicted molar refractivity (Wildman–Crippen MR) is 57.5 cm³/mol. The third-order valence-corrected chi connectivity index (χ3v) is 3.57. The molecule has 3 nitrogen and oxygen atoms in total. The van der Waals surface area contributed by atoms with Crippen molar-refractivity contribution in [2.45, 2.75) is 37.8 Å². The van der Waals surface area contributed by atoms with Crippen LogP contribution in [0.25, 0.3) is 0 Å². The first-order chi connectivity index (χ1) is 6.90. The van der Waals surface area contributed by atoms with Crippen LogP contribution < -0.4 is 5.32 Å². The lowest BCUT2D eigenvalue weighted by Gasteiger charge is -2.26. The van der Waals surface area contributed by atoms with Crippen LogP contribution in [0.2, 0.25) is 0 Å². The zero-order valence-corrected chi connectivity index (χ0v) is 9.17. The summed E-state index contributed by atoms with van der Waals surface area (Å²) >= 11 is 0. The minimum atomic E-state index is 0.721. The monoisotopic (exact) mass is 198 g/mol. The Labute approximate surface area is 86.8 Å². The Kier molecular flexibility index (Phi) is 3.79. The number of hydrogen-bond donors (Lipinski definition) is 1. The van der Waals surface area contributed by atoms with Crippen molar-refractivity contribution in [2.24, 2.45) is 0 Å². The van der Waals surface area contributed by atoms with Crippen LogP contribution in [-0.2, 0) is 4.74 Å². The molecular formula is C11H22N2O. The van der Waals surface area contributed by atoms with Crippen LogP contribution in [0.5, 0.6) is 0 Å². The summed E-state index contributed by atoms with van der Waals surface area (Å²) in [6.45, 7) is 4.45. The Morgan fingerprint density at radius 2 is 2.14 bits per heavy atom. The van der Waals surface area contributed by atoms with E-state index in [1.807, 2.05) is 0 Å². The highest BCUT2D eigenvalue weighted by Crippen LogP contribution is 2.20. The number of ether oxygens (including phenoxy) is 1. The van der Waals surface area contributed by atoms with Crippen LogP contribution in [0, 0.1) is 0 Å². The molecule has 2 rings (SSSR count). The average Bonchev–Trinajstić information content (AvgIpc) is 2.53. The van der Waals surface area contributed by atoms with Crippen molar-refractivity contribution in [3.63, 3.8) is 0 Å². The molecule has 2 aliphatic heterocycles. The summed E-state index contributed by atoms with van der Waals surface area (Å²) in [5.41, 5.74) is 0. The van der Waals surface area contributed by atoms with Crippen molar-refractivity contribution >= 4 is 0 Å². The molecule has 82 valence electrons. The lowest BCUT2D eigenvalue weighted by molar-refractivity contribution is 0.134. The molecule has 0 saturated carbocycles. The third kappa shape index (κ3) is 2.47. The Morgan fingerprint density at radius 3 is 2.93 bits per heavy atom. The molecule has 14 heavy (non-hydrogen) atoms. The topological polar surface area (TPSA) is 24.5 Å². The van der Waals surface area contributed by atoms with Gasteiger partial charge in [0.1, 0.15) is 0 Å². The molecule has 0 aromatic carbocycles. The van der Waals surface area contributed by atoms with Gasteiger partial charge >= 0.3 is 0 Å². The molecule has 2 fully saturated rings. The van der Waals surface area contributed by atoms with Gasteiger partial charge in [-0.15, -0.1) is 0 Å². The van der Waals surface area contributed by atoms with Gasteiger partial charge in [-0.05, 0) is 32.7 Å². The smallest absolute Gasteiger partial charge is 0.0480 e. The first-order valence-electron chi connectivity index (χ1n) is 5.89. The maximum absolute atomic E-state index is 5.50. The van der Waals surface area contributed by atoms with Crippen LogP contribution >= 0.6 is 0 Å². The van der Waals surface area contributed by atoms with Crippen LogP contribution in [0.4, 0.5) is 0 Å². The molecule has 1 N–H and O–H groups in total. The highest BCUT2D eigenvalue weighted by molar-refractivity contribution is 4.85. The van der Waals surface area contributed by atoms with Gasteiger partial charge in [0.25, 0.3) is 0 Å². The first kappa shape index (κ1) is 10.4. The number of rotatable bonds is 2. The zero-order valence-electron chi connectivity index (χ0n) is 9.17. The normalized spacial score (nSPS) is 35.8. The van der Waals surface area contributed by atoms with E-state index in [2.05, 4.69) is 17.3 Å². The van der Waals surface area contributed by atoms with Crippen molar-refractivity contribution < 1.29 is 4.74 Å². The quantitative estimate of drug-likeness (QED) is 0.712. The van der Waals surface area contributed by atoms with E-state index in [1.54, 1.807) is 0 Å². The van der Waals surface area contributed by atoms with E-state index in [0.29, 0.717) is 0 Å². The highest BCUT2D eigenvalue weighted by Gasteiger charge is 2.27. The summed E-state index contributed by atoms with van der Waals surface area (Å²) in [5.74, 6) is 0. The summed E-state index contributed by atoms with van der Waals surface area (Å²) in [5, 5.41) is 3.38. The van der Waals surface area contributed by atoms with Gasteiger partial charge in [-0.1, -0.05) is 0 Å². The van der Waals surface area contributed by atoms with Crippen molar-refractivity contribution in [1.82, 2.24) is 10.2 Å². The minimum Gasteiger partial charge on any atom is -0.381 e. The molecule has 0 amide bonds. The fourth-order valence-corrected chi connectivity index (χ4v) is 2.61. The maximum Gasteiger partial charge on any atom is 0.0480 e. The van der Waals surface area contributed by atoms with E-state index >= 15 is 0 Å². The maximum atomic E-state index is 5.50. The van der Waals surface area contributed by atoms with Crippen LogP contribution in [0.15, 0.2) is 0 Å². The first-order valence-corrected chi connectivity index (χ1v) is 5.89. The molecule has 2 unspecified atom stereocenters. The molecule has 0 aliphatic carbocycles. The Balaban J connectivity index is 1.82. The highest BCUT2D eigenvalue weighted by atomic mass is 16.5. The van der Waals surface area contributed by atoms with Gasteiger partial charge < -0.3 is 10.1 Å². The molecule has 0 bridgehead atoms. The van der Waals surface area contributed by atoms with Gasteiger partial charge in [0, 0.05) is 38.4 Å². The molecule has 2 heterocycles. The van der Waals surface area contributed by atoms with Crippen molar-refractivity contribution in [3.8, 4) is 0 Å². The van der Waals surface area contributed by atoms with E-state index in [-0.39, 0.29) is 0 Å². The number of hydrogen-bond acceptors (Lipinski definition) is 3. The lowest BCUT2D eigenvalue weighted by Crippen LogP contribution is -2.36. The van der Waals surface area contributed by atoms with Gasteiger partial charge in [0.15, 0.2) is 0 Å². The number of nitrogens with zero attached hydrogens (tertiary/aromatic N) is 1. The average molecular weight is 198 g/mol. The summed E-state index contributed by atoms with van der Waals surface area (Å²) in [4.78, 5) is 2.65. The van der Waals surface area contributed by atoms with Crippen LogP contribution in [0.3, 0.4) is 0 Å². The zero-order chi connectivity index (χ0) is 9.80. The van der Waals surface area contributed by atoms with E-state index in [0.717, 1.165) is 25.3 Å². The van der Waals surface area contributed by atoms with E-state index in [4.69, 9.17) is 4.74 Å². The van der Waals surface area contributed by atoms with Crippen LogP contribution in [-0.4, -0.2) is 50.3 Å². The van der Waals surface area contributed by atoms with Gasteiger partial charge in [-0.2, -0.15) is 0 Å². The number of likely N-dealkylation sites (N-methyl/N-ethyl adjacent to an activating group) is 1. The lowest BCUT2D eigenvalue weighted by atomic mass is 10.1. The van der Waals surface area contributed by atoms with Gasteiger partial charge in [0.05, 0.1) is 0 Å². The van der Waals surface area contributed by atoms with Gasteiger partial charge in [0.2, 0.25) is 0 Å². The predicted octanol–water partition coefficient (Wildman–Crippen LogP) is 0.849. The fourth-order valence-electron chi connectivity index (χ4n) is 2.61. The molecule has 2 aliphatic rings. The summed E-state index contributed by atoms with van der Waals surface area (Å²) in [7, 11) is 2.07. The molecule has 2 saturated heterocycles. The Morgan fingerprint density at radius 1 is 1.21 bits per heavy atom. The third-order valence-electron chi connectivity index (χ3n) is 3.57. The van der Waals surface area contributed by atoms with E-state index < -0.39 is 0 Å². The van der Waals surface area contributed by atoms with Crippen molar-refractivity contribution in [2.75, 3.05) is 33.4 Å². The SMILES string of the molecule is CNC1CCN(C2CCCOCC2)C1. The standard InChI is InChI=1S/C11H22N2O/c1-12-10-4-6-13(9-10)11-3-2-7-14-8-5-11/h10-12H,2-9H2,1H3. The Hall–Kier alpha value is -0.120. The van der Waals surface area contributed by atoms with E-state index in [1.165, 1.54) is 38.8 Å². The second-order valence-electron chi connectivity index (χ2n) is 4.47. The van der Waals surface area contributed by atoms with Crippen molar-refractivity contribution in [3.05, 3.63) is 0 Å². The summed E-state index contributed by atoms with van der Waals surface area (Å²) < 4.78 is 5.50. The van der Waals surface area contributed by atoms with E-state index in [9.17, 15) is 0 Å². The van der Waals surface area contributed by atoms with Crippen molar-refractivity contribution in [1.29, 1.82) is 0 Å². The molecular weight excluding hydrogens is 176 g/mol. The molecule has 0 spiro atoms. The Bertz CT molecular complexity index is 167. The fraction of sp³-hybridized carbons (Fsp3) is 1.00. The molecule has 2 atom stereocenters. The second-order valence-corrected chi connectivity index (χ2v) is 4.47. The molecule has 0 aromatic rings. The second kappa shape index (κ2) is 5.10. The number of likely N-dealkylation sites (tertiary alicyclic amines) is 1. The number of nitrogens with one attached hydrogen (secondary N) is 1.